The number of amides is 2. The van der Waals surface area contributed by atoms with Crippen LogP contribution in [0, 0.1) is 18.3 Å². The van der Waals surface area contributed by atoms with E-state index in [2.05, 4.69) is 21.5 Å². The monoisotopic (exact) mass is 311 g/mol. The van der Waals surface area contributed by atoms with Gasteiger partial charge in [-0.25, -0.2) is 4.79 Å². The minimum Gasteiger partial charge on any atom is -0.334 e. The molecule has 1 heterocycles. The standard InChI is InChI=1S/C15H16F3N3O/c1-2-10-5-3-4-6-12(10)20-14(22)21-13-9-19-8-7-11(13)15(16,17)18/h1,7-10,12H,3-6H2,(H2,20,21,22)/t10-,12+/m0/s1. The minimum atomic E-state index is -4.56. The molecule has 0 spiro atoms. The first kappa shape index (κ1) is 16.1. The number of halogens is 3. The van der Waals surface area contributed by atoms with Crippen molar-refractivity contribution in [2.24, 2.45) is 5.92 Å². The zero-order valence-corrected chi connectivity index (χ0v) is 11.8. The Kier molecular flexibility index (Phi) is 4.91. The largest absolute Gasteiger partial charge is 0.418 e. The summed E-state index contributed by atoms with van der Waals surface area (Å²) in [6.45, 7) is 0. The average molecular weight is 311 g/mol. The number of carbonyl (C=O) groups is 1. The number of aromatic nitrogens is 1. The molecule has 1 aliphatic rings. The summed E-state index contributed by atoms with van der Waals surface area (Å²) in [4.78, 5) is 15.6. The summed E-state index contributed by atoms with van der Waals surface area (Å²) >= 11 is 0. The van der Waals surface area contributed by atoms with Gasteiger partial charge in [0.25, 0.3) is 0 Å². The van der Waals surface area contributed by atoms with Crippen LogP contribution >= 0.6 is 0 Å². The van der Waals surface area contributed by atoms with Crippen molar-refractivity contribution in [3.63, 3.8) is 0 Å². The normalized spacial score (nSPS) is 21.7. The molecule has 7 heteroatoms. The van der Waals surface area contributed by atoms with Gasteiger partial charge in [0.15, 0.2) is 0 Å². The van der Waals surface area contributed by atoms with E-state index in [9.17, 15) is 18.0 Å². The number of hydrogen-bond acceptors (Lipinski definition) is 2. The van der Waals surface area contributed by atoms with E-state index in [0.29, 0.717) is 0 Å². The molecule has 22 heavy (non-hydrogen) atoms. The van der Waals surface area contributed by atoms with Crippen LogP contribution in [0.3, 0.4) is 0 Å². The number of hydrogen-bond donors (Lipinski definition) is 2. The maximum absolute atomic E-state index is 12.8. The molecule has 0 saturated heterocycles. The lowest BCUT2D eigenvalue weighted by Gasteiger charge is -2.28. The van der Waals surface area contributed by atoms with E-state index in [0.717, 1.165) is 44.1 Å². The Morgan fingerprint density at radius 1 is 1.36 bits per heavy atom. The summed E-state index contributed by atoms with van der Waals surface area (Å²) in [5.74, 6) is 2.54. The number of pyridine rings is 1. The van der Waals surface area contributed by atoms with Gasteiger partial charge >= 0.3 is 12.2 Å². The Balaban J connectivity index is 2.05. The van der Waals surface area contributed by atoms with Crippen LogP contribution in [0.5, 0.6) is 0 Å². The van der Waals surface area contributed by atoms with Gasteiger partial charge in [0.1, 0.15) is 0 Å². The van der Waals surface area contributed by atoms with Crippen LogP contribution in [0.2, 0.25) is 0 Å². The van der Waals surface area contributed by atoms with Crippen LogP contribution < -0.4 is 10.6 Å². The van der Waals surface area contributed by atoms with Crippen molar-refractivity contribution in [1.29, 1.82) is 0 Å². The van der Waals surface area contributed by atoms with Crippen molar-refractivity contribution in [3.05, 3.63) is 24.0 Å². The van der Waals surface area contributed by atoms with Crippen molar-refractivity contribution in [2.75, 3.05) is 5.32 Å². The zero-order valence-electron chi connectivity index (χ0n) is 11.8. The second-order valence-corrected chi connectivity index (χ2v) is 5.18. The van der Waals surface area contributed by atoms with Crippen LogP contribution in [0.4, 0.5) is 23.7 Å². The Hall–Kier alpha value is -2.23. The predicted molar refractivity (Wildman–Crippen MR) is 76.0 cm³/mol. The lowest BCUT2D eigenvalue weighted by Crippen LogP contribution is -2.43. The third-order valence-electron chi connectivity index (χ3n) is 3.67. The molecule has 2 N–H and O–H groups in total. The van der Waals surface area contributed by atoms with Crippen molar-refractivity contribution in [1.82, 2.24) is 10.3 Å². The Morgan fingerprint density at radius 2 is 2.09 bits per heavy atom. The lowest BCUT2D eigenvalue weighted by atomic mass is 9.85. The summed E-state index contributed by atoms with van der Waals surface area (Å²) in [6.07, 6.45) is 6.33. The van der Waals surface area contributed by atoms with Crippen LogP contribution in [-0.2, 0) is 6.18 Å². The van der Waals surface area contributed by atoms with Gasteiger partial charge in [-0.1, -0.05) is 12.8 Å². The molecule has 1 aromatic rings. The Bertz CT molecular complexity index is 580. The fourth-order valence-electron chi connectivity index (χ4n) is 2.57. The van der Waals surface area contributed by atoms with E-state index in [1.165, 1.54) is 0 Å². The fraction of sp³-hybridized carbons (Fsp3) is 0.467. The van der Waals surface area contributed by atoms with E-state index in [1.54, 1.807) is 0 Å². The highest BCUT2D eigenvalue weighted by molar-refractivity contribution is 5.90. The first-order valence-corrected chi connectivity index (χ1v) is 6.96. The van der Waals surface area contributed by atoms with Gasteiger partial charge in [-0.05, 0) is 18.9 Å². The second kappa shape index (κ2) is 6.69. The smallest absolute Gasteiger partial charge is 0.334 e. The molecule has 0 bridgehead atoms. The van der Waals surface area contributed by atoms with E-state index >= 15 is 0 Å². The Labute approximate surface area is 126 Å². The molecular formula is C15H16F3N3O. The van der Waals surface area contributed by atoms with Gasteiger partial charge in [0.05, 0.1) is 17.4 Å². The average Bonchev–Trinajstić information content (AvgIpc) is 2.47. The maximum Gasteiger partial charge on any atom is 0.418 e. The summed E-state index contributed by atoms with van der Waals surface area (Å²) in [7, 11) is 0. The number of carbonyl (C=O) groups excluding carboxylic acids is 1. The number of terminal acetylenes is 1. The van der Waals surface area contributed by atoms with Crippen LogP contribution in [0.15, 0.2) is 18.5 Å². The quantitative estimate of drug-likeness (QED) is 0.822. The van der Waals surface area contributed by atoms with Gasteiger partial charge in [-0.3, -0.25) is 4.98 Å². The lowest BCUT2D eigenvalue weighted by molar-refractivity contribution is -0.137. The number of alkyl halides is 3. The third-order valence-corrected chi connectivity index (χ3v) is 3.67. The summed E-state index contributed by atoms with van der Waals surface area (Å²) in [6, 6.07) is -0.101. The molecule has 2 atom stereocenters. The highest BCUT2D eigenvalue weighted by atomic mass is 19.4. The van der Waals surface area contributed by atoms with Gasteiger partial charge in [0.2, 0.25) is 0 Å². The maximum atomic E-state index is 12.8. The number of urea groups is 1. The third kappa shape index (κ3) is 3.91. The number of nitrogens with zero attached hydrogens (tertiary/aromatic N) is 1. The highest BCUT2D eigenvalue weighted by Crippen LogP contribution is 2.34. The SMILES string of the molecule is C#C[C@H]1CCCC[C@H]1NC(=O)Nc1cnccc1C(F)(F)F. The minimum absolute atomic E-state index is 0.0875. The summed E-state index contributed by atoms with van der Waals surface area (Å²) in [5.41, 5.74) is -1.31. The zero-order chi connectivity index (χ0) is 16.2. The van der Waals surface area contributed by atoms with Crippen LogP contribution in [-0.4, -0.2) is 17.1 Å². The molecule has 4 nitrogen and oxygen atoms in total. The molecular weight excluding hydrogens is 295 g/mol. The topological polar surface area (TPSA) is 54.0 Å². The fourth-order valence-corrected chi connectivity index (χ4v) is 2.57. The molecule has 118 valence electrons. The van der Waals surface area contributed by atoms with Crippen molar-refractivity contribution < 1.29 is 18.0 Å². The summed E-state index contributed by atoms with van der Waals surface area (Å²) in [5, 5.41) is 4.87. The van der Waals surface area contributed by atoms with E-state index in [-0.39, 0.29) is 17.6 Å². The highest BCUT2D eigenvalue weighted by Gasteiger charge is 2.34. The molecule has 1 saturated carbocycles. The molecule has 2 amide bonds. The van der Waals surface area contributed by atoms with Crippen molar-refractivity contribution in [2.45, 2.75) is 37.9 Å². The van der Waals surface area contributed by atoms with Gasteiger partial charge in [-0.2, -0.15) is 13.2 Å². The molecule has 0 aliphatic heterocycles. The number of anilines is 1. The van der Waals surface area contributed by atoms with E-state index in [4.69, 9.17) is 6.42 Å². The molecule has 0 unspecified atom stereocenters. The van der Waals surface area contributed by atoms with E-state index < -0.39 is 17.8 Å². The van der Waals surface area contributed by atoms with Gasteiger partial charge < -0.3 is 10.6 Å². The molecule has 1 fully saturated rings. The number of nitrogens with one attached hydrogen (secondary N) is 2. The molecule has 2 rings (SSSR count). The first-order valence-electron chi connectivity index (χ1n) is 6.96. The van der Waals surface area contributed by atoms with Gasteiger partial charge in [-0.15, -0.1) is 12.3 Å². The molecule has 1 aliphatic carbocycles. The van der Waals surface area contributed by atoms with Crippen molar-refractivity contribution in [3.8, 4) is 12.3 Å². The van der Waals surface area contributed by atoms with E-state index in [1.807, 2.05) is 0 Å². The second-order valence-electron chi connectivity index (χ2n) is 5.18. The number of rotatable bonds is 2. The van der Waals surface area contributed by atoms with Crippen molar-refractivity contribution >= 4 is 11.7 Å². The molecule has 0 radical (unpaired) electrons. The first-order chi connectivity index (χ1) is 10.4. The summed E-state index contributed by atoms with van der Waals surface area (Å²) < 4.78 is 38.5. The van der Waals surface area contributed by atoms with Crippen LogP contribution in [0.25, 0.3) is 0 Å². The van der Waals surface area contributed by atoms with Crippen LogP contribution in [0.1, 0.15) is 31.2 Å². The molecule has 0 aromatic carbocycles. The Morgan fingerprint density at radius 3 is 2.77 bits per heavy atom. The molecule has 1 aromatic heterocycles. The van der Waals surface area contributed by atoms with Gasteiger partial charge in [0, 0.05) is 18.2 Å². The predicted octanol–water partition coefficient (Wildman–Crippen LogP) is 3.41.